The highest BCUT2D eigenvalue weighted by Gasteiger charge is 2.22. The predicted octanol–water partition coefficient (Wildman–Crippen LogP) is 0.692. The summed E-state index contributed by atoms with van der Waals surface area (Å²) in [5, 5.41) is 11.4. The summed E-state index contributed by atoms with van der Waals surface area (Å²) in [7, 11) is 0. The van der Waals surface area contributed by atoms with Gasteiger partial charge >= 0.3 is 12.1 Å². The molecular formula is C15H15N3O5. The number of aromatic nitrogens is 2. The summed E-state index contributed by atoms with van der Waals surface area (Å²) in [5.74, 6) is -1.25. The number of H-pyrrole nitrogens is 1. The molecule has 8 heteroatoms. The number of alkyl carbamates (subject to hydrolysis) is 1. The van der Waals surface area contributed by atoms with Gasteiger partial charge in [0.25, 0.3) is 5.56 Å². The maximum absolute atomic E-state index is 11.7. The fourth-order valence-corrected chi connectivity index (χ4v) is 1.84. The number of carbonyl (C=O) groups excluding carboxylic acids is 1. The minimum absolute atomic E-state index is 0.0300. The summed E-state index contributed by atoms with van der Waals surface area (Å²) in [4.78, 5) is 40.3. The number of nitrogens with one attached hydrogen (secondary N) is 2. The smallest absolute Gasteiger partial charge is 0.408 e. The number of carbonyl (C=O) groups is 2. The fourth-order valence-electron chi connectivity index (χ4n) is 1.84. The normalized spacial score (nSPS) is 11.5. The monoisotopic (exact) mass is 317 g/mol. The van der Waals surface area contributed by atoms with Crippen molar-refractivity contribution in [3.8, 4) is 0 Å². The Hall–Kier alpha value is -3.16. The van der Waals surface area contributed by atoms with E-state index < -0.39 is 23.7 Å². The summed E-state index contributed by atoms with van der Waals surface area (Å²) < 4.78 is 4.97. The molecule has 0 aliphatic heterocycles. The summed E-state index contributed by atoms with van der Waals surface area (Å²) in [6, 6.07) is 8.92. The van der Waals surface area contributed by atoms with E-state index in [2.05, 4.69) is 15.3 Å². The Labute approximate surface area is 131 Å². The molecular weight excluding hydrogens is 302 g/mol. The third-order valence-electron chi connectivity index (χ3n) is 2.95. The Bertz CT molecular complexity index is 729. The number of hydrogen-bond donors (Lipinski definition) is 3. The van der Waals surface area contributed by atoms with Gasteiger partial charge in [-0.2, -0.15) is 0 Å². The second kappa shape index (κ2) is 7.74. The predicted molar refractivity (Wildman–Crippen MR) is 79.7 cm³/mol. The minimum Gasteiger partial charge on any atom is -0.480 e. The van der Waals surface area contributed by atoms with Gasteiger partial charge in [0.1, 0.15) is 12.6 Å². The van der Waals surface area contributed by atoms with Gasteiger partial charge < -0.3 is 20.1 Å². The number of aliphatic carboxylic acids is 1. The lowest BCUT2D eigenvalue weighted by Gasteiger charge is -2.14. The van der Waals surface area contributed by atoms with Crippen molar-refractivity contribution >= 4 is 12.1 Å². The van der Waals surface area contributed by atoms with Crippen LogP contribution in [0.15, 0.2) is 47.5 Å². The molecule has 0 fully saturated rings. The quantitative estimate of drug-likeness (QED) is 0.721. The maximum atomic E-state index is 11.7. The summed E-state index contributed by atoms with van der Waals surface area (Å²) in [6.07, 6.45) is 0.190. The molecule has 0 saturated heterocycles. The van der Waals surface area contributed by atoms with Crippen molar-refractivity contribution in [1.82, 2.24) is 15.3 Å². The number of rotatable bonds is 6. The number of hydrogen-bond acceptors (Lipinski definition) is 5. The molecule has 0 radical (unpaired) electrons. The number of amides is 1. The molecule has 120 valence electrons. The van der Waals surface area contributed by atoms with Gasteiger partial charge in [0.05, 0.1) is 12.0 Å². The lowest BCUT2D eigenvalue weighted by molar-refractivity contribution is -0.139. The number of benzene rings is 1. The molecule has 0 saturated carbocycles. The lowest BCUT2D eigenvalue weighted by atomic mass is 10.1. The van der Waals surface area contributed by atoms with Crippen LogP contribution in [0.25, 0.3) is 0 Å². The third kappa shape index (κ3) is 5.27. The number of carboxylic acids is 1. The molecule has 1 heterocycles. The van der Waals surface area contributed by atoms with Crippen LogP contribution in [0.5, 0.6) is 0 Å². The van der Waals surface area contributed by atoms with Crippen LogP contribution in [0.2, 0.25) is 0 Å². The molecule has 8 nitrogen and oxygen atoms in total. The van der Waals surface area contributed by atoms with E-state index in [0.29, 0.717) is 0 Å². The van der Waals surface area contributed by atoms with Crippen LogP contribution in [-0.4, -0.2) is 33.2 Å². The van der Waals surface area contributed by atoms with E-state index in [1.54, 1.807) is 24.3 Å². The number of ether oxygens (including phenoxy) is 1. The molecule has 1 unspecified atom stereocenters. The van der Waals surface area contributed by atoms with Gasteiger partial charge in [-0.05, 0) is 5.56 Å². The van der Waals surface area contributed by atoms with Gasteiger partial charge in [-0.25, -0.2) is 14.6 Å². The van der Waals surface area contributed by atoms with E-state index in [1.807, 2.05) is 6.07 Å². The van der Waals surface area contributed by atoms with Gasteiger partial charge in [0.2, 0.25) is 0 Å². The first-order valence-electron chi connectivity index (χ1n) is 6.78. The highest BCUT2D eigenvalue weighted by Crippen LogP contribution is 2.02. The van der Waals surface area contributed by atoms with Crippen LogP contribution in [0, 0.1) is 0 Å². The van der Waals surface area contributed by atoms with E-state index in [0.717, 1.165) is 5.56 Å². The van der Waals surface area contributed by atoms with Crippen molar-refractivity contribution in [2.75, 3.05) is 0 Å². The Kier molecular flexibility index (Phi) is 5.45. The highest BCUT2D eigenvalue weighted by atomic mass is 16.5. The van der Waals surface area contributed by atoms with Gasteiger partial charge in [-0.3, -0.25) is 4.79 Å². The first-order valence-corrected chi connectivity index (χ1v) is 6.78. The molecule has 2 aromatic rings. The van der Waals surface area contributed by atoms with E-state index in [4.69, 9.17) is 9.84 Å². The summed E-state index contributed by atoms with van der Waals surface area (Å²) in [5.41, 5.74) is 0.640. The zero-order valence-corrected chi connectivity index (χ0v) is 12.1. The van der Waals surface area contributed by atoms with Crippen molar-refractivity contribution in [3.63, 3.8) is 0 Å². The summed E-state index contributed by atoms with van der Waals surface area (Å²) >= 11 is 0. The van der Waals surface area contributed by atoms with Crippen molar-refractivity contribution in [1.29, 1.82) is 0 Å². The number of aromatic amines is 1. The van der Waals surface area contributed by atoms with E-state index >= 15 is 0 Å². The second-order valence-electron chi connectivity index (χ2n) is 4.70. The SMILES string of the molecule is O=C(NC(Cc1cc(=O)[nH]cn1)C(=O)O)OCc1ccccc1. The van der Waals surface area contributed by atoms with E-state index in [9.17, 15) is 14.4 Å². The second-order valence-corrected chi connectivity index (χ2v) is 4.70. The first-order chi connectivity index (χ1) is 11.0. The standard InChI is InChI=1S/C15H15N3O5/c19-13-7-11(16-9-17-13)6-12(14(20)21)18-15(22)23-8-10-4-2-1-3-5-10/h1-5,7,9,12H,6,8H2,(H,18,22)(H,20,21)(H,16,17,19). The average molecular weight is 317 g/mol. The van der Waals surface area contributed by atoms with Crippen LogP contribution in [0.1, 0.15) is 11.3 Å². The lowest BCUT2D eigenvalue weighted by Crippen LogP contribution is -2.42. The number of carboxylic acid groups (broad SMARTS) is 1. The van der Waals surface area contributed by atoms with Crippen LogP contribution < -0.4 is 10.9 Å². The molecule has 0 bridgehead atoms. The van der Waals surface area contributed by atoms with E-state index in [-0.39, 0.29) is 18.7 Å². The largest absolute Gasteiger partial charge is 0.480 e. The van der Waals surface area contributed by atoms with Gasteiger partial charge in [0.15, 0.2) is 0 Å². The zero-order chi connectivity index (χ0) is 16.7. The number of nitrogens with zero attached hydrogens (tertiary/aromatic N) is 1. The van der Waals surface area contributed by atoms with Crippen molar-refractivity contribution < 1.29 is 19.4 Å². The zero-order valence-electron chi connectivity index (χ0n) is 12.1. The van der Waals surface area contributed by atoms with Crippen molar-refractivity contribution in [3.05, 3.63) is 64.3 Å². The molecule has 1 aromatic carbocycles. The Morgan fingerprint density at radius 3 is 2.70 bits per heavy atom. The van der Waals surface area contributed by atoms with Crippen LogP contribution in [-0.2, 0) is 22.6 Å². The van der Waals surface area contributed by atoms with Gasteiger partial charge in [0, 0.05) is 12.5 Å². The highest BCUT2D eigenvalue weighted by molar-refractivity contribution is 5.80. The molecule has 1 aromatic heterocycles. The third-order valence-corrected chi connectivity index (χ3v) is 2.95. The Balaban J connectivity index is 1.92. The van der Waals surface area contributed by atoms with E-state index in [1.165, 1.54) is 12.4 Å². The van der Waals surface area contributed by atoms with Crippen LogP contribution in [0.4, 0.5) is 4.79 Å². The molecule has 1 atom stereocenters. The Morgan fingerprint density at radius 1 is 1.30 bits per heavy atom. The first kappa shape index (κ1) is 16.2. The molecule has 23 heavy (non-hydrogen) atoms. The minimum atomic E-state index is -1.25. The van der Waals surface area contributed by atoms with Crippen molar-refractivity contribution in [2.45, 2.75) is 19.1 Å². The molecule has 0 spiro atoms. The molecule has 0 aliphatic carbocycles. The van der Waals surface area contributed by atoms with Crippen molar-refractivity contribution in [2.24, 2.45) is 0 Å². The maximum Gasteiger partial charge on any atom is 0.408 e. The van der Waals surface area contributed by atoms with Gasteiger partial charge in [-0.15, -0.1) is 0 Å². The molecule has 3 N–H and O–H groups in total. The van der Waals surface area contributed by atoms with Crippen LogP contribution in [0.3, 0.4) is 0 Å². The molecule has 2 rings (SSSR count). The Morgan fingerprint density at radius 2 is 2.04 bits per heavy atom. The van der Waals surface area contributed by atoms with Gasteiger partial charge in [-0.1, -0.05) is 30.3 Å². The topological polar surface area (TPSA) is 121 Å². The molecule has 1 amide bonds. The fraction of sp³-hybridized carbons (Fsp3) is 0.200. The van der Waals surface area contributed by atoms with Crippen LogP contribution >= 0.6 is 0 Å². The summed E-state index contributed by atoms with van der Waals surface area (Å²) in [6.45, 7) is 0.0300. The average Bonchev–Trinajstić information content (AvgIpc) is 2.53. The molecule has 0 aliphatic rings.